The molecular weight excluding hydrogens is 585 g/mol. The van der Waals surface area contributed by atoms with Gasteiger partial charge in [0.2, 0.25) is 0 Å². The number of benzene rings is 1. The maximum Gasteiger partial charge on any atom is 0.274 e. The summed E-state index contributed by atoms with van der Waals surface area (Å²) in [6.45, 7) is 0. The van der Waals surface area contributed by atoms with Gasteiger partial charge < -0.3 is 27.5 Å². The number of carbonyl (C=O) groups excluding carboxylic acids is 1. The van der Waals surface area contributed by atoms with Crippen molar-refractivity contribution in [3.8, 4) is 0 Å². The van der Waals surface area contributed by atoms with Crippen molar-refractivity contribution in [1.82, 2.24) is 9.62 Å². The fourth-order valence-corrected chi connectivity index (χ4v) is 3.79. The number of allylic oxidation sites excluding steroid dienone is 1. The third-order valence-electron chi connectivity index (χ3n) is 3.51. The third-order valence-corrected chi connectivity index (χ3v) is 5.32. The third kappa shape index (κ3) is 5.00. The molecule has 0 bridgehead atoms. The second-order valence-corrected chi connectivity index (χ2v) is 6.78. The minimum Gasteiger partial charge on any atom is -0.678 e. The van der Waals surface area contributed by atoms with Crippen molar-refractivity contribution < 1.29 is 116 Å². The summed E-state index contributed by atoms with van der Waals surface area (Å²) in [5, 5.41) is 2.58. The minimum atomic E-state index is -3.83. The molecule has 129 valence electrons. The Bertz CT molecular complexity index is 882. The van der Waals surface area contributed by atoms with Gasteiger partial charge in [-0.25, -0.2) is 8.42 Å². The van der Waals surface area contributed by atoms with Gasteiger partial charge in [-0.2, -0.15) is 12.1 Å². The van der Waals surface area contributed by atoms with E-state index in [1.54, 1.807) is 18.2 Å². The van der Waals surface area contributed by atoms with Crippen molar-refractivity contribution in [3.63, 3.8) is 0 Å². The molecule has 2 aliphatic heterocycles. The molecule has 1 aromatic carbocycles. The number of sulfonamides is 1. The quantitative estimate of drug-likeness (QED) is 0.521. The predicted molar refractivity (Wildman–Crippen MR) is 82.3 cm³/mol. The molecule has 0 unspecified atom stereocenters. The molecule has 0 saturated heterocycles. The van der Waals surface area contributed by atoms with Gasteiger partial charge in [-0.3, -0.25) is 9.10 Å². The van der Waals surface area contributed by atoms with E-state index in [1.807, 2.05) is 0 Å². The van der Waals surface area contributed by atoms with Gasteiger partial charge in [-0.1, -0.05) is 12.1 Å². The summed E-state index contributed by atoms with van der Waals surface area (Å²) in [5.41, 5.74) is 0.681. The summed E-state index contributed by atoms with van der Waals surface area (Å²) in [6, 6.07) is 6.38. The number of aliphatic imine (C=N–C) groups is 1. The number of methoxy groups -OCH3 is 1. The molecule has 7 nitrogen and oxygen atoms in total. The number of rotatable bonds is 3. The molecule has 3 radical (unpaired) electrons. The second kappa shape index (κ2) is 11.0. The van der Waals surface area contributed by atoms with Crippen LogP contribution in [0.25, 0.3) is 5.76 Å². The fourth-order valence-electron chi connectivity index (χ4n) is 2.40. The summed E-state index contributed by atoms with van der Waals surface area (Å²) in [7, 11) is -1.12. The Hall–Kier alpha value is 0.702. The van der Waals surface area contributed by atoms with Crippen molar-refractivity contribution in [2.45, 2.75) is 11.3 Å². The zero-order valence-electron chi connectivity index (χ0n) is 14.2. The van der Waals surface area contributed by atoms with E-state index in [2.05, 4.69) is 22.7 Å². The van der Waals surface area contributed by atoms with Crippen LogP contribution in [-0.2, 0) is 118 Å². The van der Waals surface area contributed by atoms with Crippen LogP contribution in [0, 0.1) is 6.20 Å². The number of hydrogen-bond donors (Lipinski definition) is 1. The van der Waals surface area contributed by atoms with Gasteiger partial charge in [0.15, 0.2) is 11.5 Å². The van der Waals surface area contributed by atoms with Gasteiger partial charge in [0.1, 0.15) is 0 Å². The average molecular weight is 598 g/mol. The van der Waals surface area contributed by atoms with Gasteiger partial charge in [0, 0.05) is 111 Å². The van der Waals surface area contributed by atoms with E-state index >= 15 is 0 Å². The maximum atomic E-state index is 12.6. The van der Waals surface area contributed by atoms with Gasteiger partial charge in [-0.15, -0.1) is 0 Å². The first-order chi connectivity index (χ1) is 11.0. The molecule has 0 aromatic heterocycles. The number of likely N-dealkylation sites (N-methyl/N-ethyl adjacent to an activating group) is 1. The molecule has 0 aliphatic carbocycles. The predicted octanol–water partition coefficient (Wildman–Crippen LogP) is 0.740. The van der Waals surface area contributed by atoms with Crippen LogP contribution >= 0.6 is 0 Å². The average Bonchev–Trinajstić information content (AvgIpc) is 3.03. The topological polar surface area (TPSA) is 88.1 Å². The summed E-state index contributed by atoms with van der Waals surface area (Å²) in [5.74, 6) is -0.414. The van der Waals surface area contributed by atoms with Crippen LogP contribution in [0.1, 0.15) is 12.0 Å². The van der Waals surface area contributed by atoms with E-state index in [1.165, 1.54) is 20.2 Å². The normalized spacial score (nSPS) is 16.4. The standard InChI is InChI=1S/C15H13N3O4S.3Y/c1-18-13(15(19)17-10-7-8-16-9-10)14(22-2)11-5-3-4-6-12(11)23(18,20)21;;;/h3-6H,7H2,1-2H3,(H,17,19);;;/q-2;;;. The zero-order valence-corrected chi connectivity index (χ0v) is 23.5. The zero-order chi connectivity index (χ0) is 16.6. The molecule has 2 aliphatic rings. The fraction of sp³-hybridized carbons (Fsp3) is 0.200. The largest absolute Gasteiger partial charge is 0.678 e. The molecule has 1 amide bonds. The number of fused-ring (bicyclic) bond motifs is 1. The summed E-state index contributed by atoms with van der Waals surface area (Å²) >= 11 is 0. The molecule has 2 heterocycles. The van der Waals surface area contributed by atoms with Crippen molar-refractivity contribution in [2.75, 3.05) is 14.2 Å². The van der Waals surface area contributed by atoms with E-state index in [0.717, 1.165) is 4.31 Å². The number of nitrogens with zero attached hydrogens (tertiary/aromatic N) is 2. The number of nitrogens with one attached hydrogen (secondary N) is 1. The smallest absolute Gasteiger partial charge is 0.274 e. The number of ether oxygens (including phenoxy) is 1. The summed E-state index contributed by atoms with van der Waals surface area (Å²) in [4.78, 5) is 16.3. The number of carbonyl (C=O) groups is 1. The van der Waals surface area contributed by atoms with E-state index < -0.39 is 15.9 Å². The van der Waals surface area contributed by atoms with Gasteiger partial charge in [-0.05, 0) is 12.1 Å². The second-order valence-electron chi connectivity index (χ2n) is 4.84. The van der Waals surface area contributed by atoms with Crippen LogP contribution in [-0.4, -0.2) is 39.0 Å². The van der Waals surface area contributed by atoms with Crippen molar-refractivity contribution in [2.24, 2.45) is 4.99 Å². The minimum absolute atomic E-state index is 0. The SMILES string of the molecule is COC1=C(C(=O)NC2=[C-]N=[C-]C2)N(C)S(=O)(=O)c2ccccc21.[Y].[Y].[Y]. The van der Waals surface area contributed by atoms with Crippen LogP contribution in [0.5, 0.6) is 0 Å². The first-order valence-corrected chi connectivity index (χ1v) is 8.13. The van der Waals surface area contributed by atoms with Gasteiger partial charge in [0.05, 0.1) is 12.0 Å². The monoisotopic (exact) mass is 598 g/mol. The summed E-state index contributed by atoms with van der Waals surface area (Å²) in [6.07, 6.45) is 5.53. The van der Waals surface area contributed by atoms with Crippen LogP contribution in [0.4, 0.5) is 0 Å². The van der Waals surface area contributed by atoms with E-state index in [0.29, 0.717) is 17.7 Å². The molecule has 0 atom stereocenters. The van der Waals surface area contributed by atoms with Crippen LogP contribution < -0.4 is 5.32 Å². The molecule has 0 spiro atoms. The first kappa shape index (κ1) is 26.7. The molecule has 11 heteroatoms. The Balaban J connectivity index is 0.00000208. The summed E-state index contributed by atoms with van der Waals surface area (Å²) < 4.78 is 31.5. The Morgan fingerprint density at radius 1 is 1.27 bits per heavy atom. The molecule has 0 fully saturated rings. The van der Waals surface area contributed by atoms with Crippen LogP contribution in [0.2, 0.25) is 0 Å². The van der Waals surface area contributed by atoms with Gasteiger partial charge in [0.25, 0.3) is 15.9 Å². The van der Waals surface area contributed by atoms with E-state index in [4.69, 9.17) is 4.74 Å². The van der Waals surface area contributed by atoms with Crippen LogP contribution in [0.15, 0.2) is 45.5 Å². The number of amides is 1. The maximum absolute atomic E-state index is 12.6. The number of hydrogen-bond acceptors (Lipinski definition) is 5. The Morgan fingerprint density at radius 2 is 1.92 bits per heavy atom. The molecule has 1 N–H and O–H groups in total. The Kier molecular flexibility index (Phi) is 11.3. The van der Waals surface area contributed by atoms with Crippen molar-refractivity contribution in [3.05, 3.63) is 47.4 Å². The first-order valence-electron chi connectivity index (χ1n) is 6.69. The van der Waals surface area contributed by atoms with E-state index in [-0.39, 0.29) is 114 Å². The Labute approximate surface area is 228 Å². The van der Waals surface area contributed by atoms with Crippen molar-refractivity contribution >= 4 is 27.9 Å². The molecule has 3 rings (SSSR count). The van der Waals surface area contributed by atoms with Crippen LogP contribution in [0.3, 0.4) is 0 Å². The van der Waals surface area contributed by atoms with Crippen molar-refractivity contribution in [1.29, 1.82) is 0 Å². The molecular formula is C15H13N3O4SY3-2. The molecule has 0 saturated carbocycles. The molecule has 26 heavy (non-hydrogen) atoms. The molecule has 1 aromatic rings. The van der Waals surface area contributed by atoms with E-state index in [9.17, 15) is 13.2 Å². The van der Waals surface area contributed by atoms with Gasteiger partial charge >= 0.3 is 0 Å². The Morgan fingerprint density at radius 3 is 2.50 bits per heavy atom.